The predicted octanol–water partition coefficient (Wildman–Crippen LogP) is 5.91. The molecule has 1 aromatic rings. The van der Waals surface area contributed by atoms with Gasteiger partial charge < -0.3 is 0 Å². The Bertz CT molecular complexity index is 394. The van der Waals surface area contributed by atoms with Crippen molar-refractivity contribution >= 4 is 19.9 Å². The second-order valence-corrected chi connectivity index (χ2v) is 10.6. The highest BCUT2D eigenvalue weighted by molar-refractivity contribution is 8.95. The van der Waals surface area contributed by atoms with E-state index in [4.69, 9.17) is 0 Å². The van der Waals surface area contributed by atoms with Crippen LogP contribution in [0, 0.1) is 6.92 Å². The Kier molecular flexibility index (Phi) is 5.25. The lowest BCUT2D eigenvalue weighted by molar-refractivity contribution is 0.706. The lowest BCUT2D eigenvalue weighted by atomic mass is 10.2. The molecule has 0 nitrogen and oxygen atoms in total. The van der Waals surface area contributed by atoms with Gasteiger partial charge in [0.15, 0.2) is 0 Å². The van der Waals surface area contributed by atoms with E-state index in [1.165, 1.54) is 42.8 Å². The minimum Gasteiger partial charge on any atom is -0.145 e. The van der Waals surface area contributed by atoms with E-state index in [0.717, 1.165) is 0 Å². The molecule has 0 radical (unpaired) electrons. The molecule has 1 aliphatic rings. The summed E-state index contributed by atoms with van der Waals surface area (Å²) >= 11 is 0. The van der Waals surface area contributed by atoms with Gasteiger partial charge in [-0.2, -0.15) is 0 Å². The second-order valence-electron chi connectivity index (χ2n) is 4.96. The van der Waals surface area contributed by atoms with Crippen molar-refractivity contribution in [1.29, 1.82) is 0 Å². The van der Waals surface area contributed by atoms with Crippen molar-refractivity contribution in [2.24, 2.45) is 0 Å². The van der Waals surface area contributed by atoms with Crippen LogP contribution in [0.25, 0.3) is 0 Å². The number of benzene rings is 1. The molecule has 1 aromatic carbocycles. The molecule has 0 N–H and O–H groups in total. The van der Waals surface area contributed by atoms with Gasteiger partial charge in [0.1, 0.15) is 0 Å². The largest absolute Gasteiger partial charge is 0.145 e. The predicted molar refractivity (Wildman–Crippen MR) is 87.6 cm³/mol. The number of unbranched alkanes of at least 4 members (excludes halogenated alkanes) is 3. The summed E-state index contributed by atoms with van der Waals surface area (Å²) < 4.78 is 0. The third kappa shape index (κ3) is 3.36. The average Bonchev–Trinajstić information content (AvgIpc) is 2.85. The minimum atomic E-state index is -0.701. The quantitative estimate of drug-likeness (QED) is 0.461. The van der Waals surface area contributed by atoms with Crippen LogP contribution in [0.2, 0.25) is 0 Å². The van der Waals surface area contributed by atoms with Crippen LogP contribution < -0.4 is 0 Å². The van der Waals surface area contributed by atoms with E-state index in [1.54, 1.807) is 4.90 Å². The summed E-state index contributed by atoms with van der Waals surface area (Å²) in [5.74, 6) is 2.58. The molecule has 2 heteroatoms. The van der Waals surface area contributed by atoms with E-state index in [-0.39, 0.29) is 0 Å². The first-order valence-corrected chi connectivity index (χ1v) is 10.3. The monoisotopic (exact) mass is 280 g/mol. The molecule has 1 unspecified atom stereocenters. The smallest absolute Gasteiger partial charge is 0.0216 e. The first-order chi connectivity index (χ1) is 8.77. The van der Waals surface area contributed by atoms with E-state index >= 15 is 0 Å². The fraction of sp³-hybridized carbons (Fsp3) is 0.500. The van der Waals surface area contributed by atoms with Crippen molar-refractivity contribution in [3.63, 3.8) is 0 Å². The maximum absolute atomic E-state index is 2.52. The highest BCUT2D eigenvalue weighted by Gasteiger charge is 2.26. The van der Waals surface area contributed by atoms with Crippen molar-refractivity contribution in [3.05, 3.63) is 41.3 Å². The third-order valence-electron chi connectivity index (χ3n) is 3.41. The zero-order chi connectivity index (χ0) is 12.8. The summed E-state index contributed by atoms with van der Waals surface area (Å²) in [4.78, 5) is 1.57. The molecule has 0 amide bonds. The molecule has 0 saturated heterocycles. The maximum atomic E-state index is 2.52. The molecule has 0 saturated carbocycles. The molecular weight excluding hydrogens is 256 g/mol. The SMILES string of the molecule is CCCCCCS1(c2ccc(C)cc2)C=CCS1. The Hall–Kier alpha value is -0.340. The fourth-order valence-electron chi connectivity index (χ4n) is 2.30. The summed E-state index contributed by atoms with van der Waals surface area (Å²) in [5, 5.41) is 2.52. The molecule has 0 aliphatic carbocycles. The minimum absolute atomic E-state index is 0.701. The van der Waals surface area contributed by atoms with Gasteiger partial charge in [-0.1, -0.05) is 50.0 Å². The Morgan fingerprint density at radius 2 is 1.89 bits per heavy atom. The van der Waals surface area contributed by atoms with Crippen molar-refractivity contribution in [2.75, 3.05) is 11.5 Å². The van der Waals surface area contributed by atoms with Crippen LogP contribution in [-0.2, 0) is 0 Å². The van der Waals surface area contributed by atoms with Crippen LogP contribution in [0.5, 0.6) is 0 Å². The number of hydrogen-bond donors (Lipinski definition) is 0. The van der Waals surface area contributed by atoms with Gasteiger partial charge in [0.05, 0.1) is 0 Å². The maximum Gasteiger partial charge on any atom is 0.0216 e. The van der Waals surface area contributed by atoms with E-state index in [0.29, 0.717) is 0 Å². The topological polar surface area (TPSA) is 0 Å². The van der Waals surface area contributed by atoms with Crippen molar-refractivity contribution in [1.82, 2.24) is 0 Å². The van der Waals surface area contributed by atoms with Crippen molar-refractivity contribution in [2.45, 2.75) is 44.4 Å². The van der Waals surface area contributed by atoms with E-state index in [9.17, 15) is 0 Å². The molecule has 2 rings (SSSR count). The zero-order valence-corrected chi connectivity index (χ0v) is 13.2. The molecule has 1 atom stereocenters. The Balaban J connectivity index is 2.07. The van der Waals surface area contributed by atoms with Gasteiger partial charge in [-0.3, -0.25) is 0 Å². The summed E-state index contributed by atoms with van der Waals surface area (Å²) in [6.45, 7) is 4.46. The highest BCUT2D eigenvalue weighted by Crippen LogP contribution is 2.70. The fourth-order valence-corrected chi connectivity index (χ4v) is 8.22. The molecule has 18 heavy (non-hydrogen) atoms. The highest BCUT2D eigenvalue weighted by atomic mass is 33.2. The molecule has 0 fully saturated rings. The lowest BCUT2D eigenvalue weighted by Gasteiger charge is -2.33. The third-order valence-corrected chi connectivity index (χ3v) is 9.84. The molecule has 1 aliphatic heterocycles. The van der Waals surface area contributed by atoms with Crippen LogP contribution in [0.15, 0.2) is 40.6 Å². The van der Waals surface area contributed by atoms with Crippen LogP contribution in [0.4, 0.5) is 0 Å². The van der Waals surface area contributed by atoms with Gasteiger partial charge >= 0.3 is 0 Å². The number of hydrogen-bond acceptors (Lipinski definition) is 1. The van der Waals surface area contributed by atoms with Crippen LogP contribution in [0.3, 0.4) is 0 Å². The van der Waals surface area contributed by atoms with Crippen LogP contribution >= 0.6 is 19.9 Å². The standard InChI is InChI=1S/C16H24S2/c1-3-4-5-6-13-18(14-7-12-17-18)16-10-8-15(2)9-11-16/h7-11,14H,3-6,12-13H2,1-2H3. The molecule has 100 valence electrons. The van der Waals surface area contributed by atoms with E-state index in [2.05, 4.69) is 60.4 Å². The Morgan fingerprint density at radius 1 is 1.11 bits per heavy atom. The molecule has 1 heterocycles. The summed E-state index contributed by atoms with van der Waals surface area (Å²) in [5.41, 5.74) is 1.37. The normalized spacial score (nSPS) is 26.1. The Morgan fingerprint density at radius 3 is 2.50 bits per heavy atom. The Labute approximate surface area is 117 Å². The molecule has 0 bridgehead atoms. The molecular formula is C16H24S2. The molecule has 0 spiro atoms. The first-order valence-electron chi connectivity index (χ1n) is 6.95. The van der Waals surface area contributed by atoms with E-state index < -0.39 is 9.06 Å². The lowest BCUT2D eigenvalue weighted by Crippen LogP contribution is -1.98. The second kappa shape index (κ2) is 6.72. The van der Waals surface area contributed by atoms with Crippen LogP contribution in [-0.4, -0.2) is 11.5 Å². The summed E-state index contributed by atoms with van der Waals surface area (Å²) in [6, 6.07) is 9.24. The van der Waals surface area contributed by atoms with Gasteiger partial charge in [0.2, 0.25) is 0 Å². The van der Waals surface area contributed by atoms with E-state index in [1.807, 2.05) is 0 Å². The number of rotatable bonds is 6. The summed E-state index contributed by atoms with van der Waals surface area (Å²) in [7, 11) is 1.48. The van der Waals surface area contributed by atoms with Crippen molar-refractivity contribution in [3.8, 4) is 0 Å². The van der Waals surface area contributed by atoms with Gasteiger partial charge in [0.25, 0.3) is 0 Å². The molecule has 0 aromatic heterocycles. The zero-order valence-electron chi connectivity index (χ0n) is 11.5. The van der Waals surface area contributed by atoms with Gasteiger partial charge in [-0.05, 0) is 36.6 Å². The van der Waals surface area contributed by atoms with Gasteiger partial charge in [-0.25, -0.2) is 0 Å². The average molecular weight is 281 g/mol. The number of aryl methyl sites for hydroxylation is 1. The van der Waals surface area contributed by atoms with Crippen LogP contribution in [0.1, 0.15) is 38.2 Å². The summed E-state index contributed by atoms with van der Waals surface area (Å²) in [6.07, 6.45) is 7.87. The van der Waals surface area contributed by atoms with Gasteiger partial charge in [0, 0.05) is 10.6 Å². The first kappa shape index (κ1) is 14.1. The van der Waals surface area contributed by atoms with Gasteiger partial charge in [-0.15, -0.1) is 19.9 Å². The van der Waals surface area contributed by atoms with Crippen molar-refractivity contribution < 1.29 is 0 Å².